The number of fused-ring (bicyclic) bond motifs is 5. The summed E-state index contributed by atoms with van der Waals surface area (Å²) in [6, 6.07) is 58.4. The average molecular weight is 718 g/mol. The Labute approximate surface area is 325 Å². The van der Waals surface area contributed by atoms with Crippen LogP contribution in [0.15, 0.2) is 170 Å². The van der Waals surface area contributed by atoms with Crippen molar-refractivity contribution in [2.75, 3.05) is 0 Å². The third-order valence-corrected chi connectivity index (χ3v) is 10.9. The Hall–Kier alpha value is -7.42. The molecule has 3 aromatic heterocycles. The molecule has 0 saturated carbocycles. The van der Waals surface area contributed by atoms with Crippen molar-refractivity contribution < 1.29 is 0 Å². The molecule has 9 aromatic rings. The van der Waals surface area contributed by atoms with Gasteiger partial charge < -0.3 is 4.57 Å². The zero-order valence-corrected chi connectivity index (χ0v) is 30.8. The molecule has 6 aromatic carbocycles. The van der Waals surface area contributed by atoms with E-state index in [9.17, 15) is 5.26 Å². The van der Waals surface area contributed by atoms with E-state index in [1.54, 1.807) is 0 Å². The maximum absolute atomic E-state index is 9.69. The highest BCUT2D eigenvalue weighted by Gasteiger charge is 2.28. The molecule has 0 N–H and O–H groups in total. The summed E-state index contributed by atoms with van der Waals surface area (Å²) in [6.45, 7) is 2.32. The third kappa shape index (κ3) is 5.76. The van der Waals surface area contributed by atoms with Crippen LogP contribution in [-0.4, -0.2) is 19.5 Å². The molecular weight excluding hydrogens is 683 g/mol. The third-order valence-electron chi connectivity index (χ3n) is 10.9. The quantitative estimate of drug-likeness (QED) is 0.172. The minimum atomic E-state index is 0.336. The number of pyridine rings is 1. The predicted molar refractivity (Wildman–Crippen MR) is 228 cm³/mol. The van der Waals surface area contributed by atoms with Crippen molar-refractivity contribution in [3.8, 4) is 68.0 Å². The number of nitriles is 1. The molecule has 0 spiro atoms. The Bertz CT molecular complexity index is 2990. The van der Waals surface area contributed by atoms with Crippen molar-refractivity contribution in [2.24, 2.45) is 0 Å². The lowest BCUT2D eigenvalue weighted by atomic mass is 9.88. The van der Waals surface area contributed by atoms with Crippen LogP contribution in [0.5, 0.6) is 0 Å². The molecule has 1 atom stereocenters. The summed E-state index contributed by atoms with van der Waals surface area (Å²) in [7, 11) is 0. The molecule has 264 valence electrons. The fraction of sp³-hybridized carbons (Fsp3) is 0.0588. The number of hydrogen-bond acceptors (Lipinski definition) is 4. The van der Waals surface area contributed by atoms with Crippen molar-refractivity contribution in [3.63, 3.8) is 0 Å². The molecule has 0 bridgehead atoms. The van der Waals surface area contributed by atoms with Crippen LogP contribution in [0, 0.1) is 11.3 Å². The Balaban J connectivity index is 1.13. The second-order valence-electron chi connectivity index (χ2n) is 14.4. The van der Waals surface area contributed by atoms with E-state index < -0.39 is 0 Å². The normalized spacial score (nSPS) is 13.5. The maximum atomic E-state index is 9.69. The average Bonchev–Trinajstić information content (AvgIpc) is 3.63. The van der Waals surface area contributed by atoms with Crippen LogP contribution in [0.3, 0.4) is 0 Å². The number of allylic oxidation sites excluding steroid dienone is 1. The van der Waals surface area contributed by atoms with E-state index in [1.807, 2.05) is 48.5 Å². The van der Waals surface area contributed by atoms with Crippen LogP contribution in [0.1, 0.15) is 36.1 Å². The first-order chi connectivity index (χ1) is 27.6. The summed E-state index contributed by atoms with van der Waals surface area (Å²) in [6.07, 6.45) is 5.57. The fourth-order valence-electron chi connectivity index (χ4n) is 8.13. The van der Waals surface area contributed by atoms with Gasteiger partial charge in [-0.2, -0.15) is 5.26 Å². The highest BCUT2D eigenvalue weighted by molar-refractivity contribution is 6.13. The van der Waals surface area contributed by atoms with Gasteiger partial charge >= 0.3 is 0 Å². The molecule has 5 heteroatoms. The second-order valence-corrected chi connectivity index (χ2v) is 14.4. The lowest BCUT2D eigenvalue weighted by Gasteiger charge is -2.17. The van der Waals surface area contributed by atoms with Gasteiger partial charge in [-0.15, -0.1) is 0 Å². The topological polar surface area (TPSA) is 67.4 Å². The molecule has 1 aliphatic carbocycles. The van der Waals surface area contributed by atoms with Crippen LogP contribution in [0.4, 0.5) is 0 Å². The Kier molecular flexibility index (Phi) is 8.16. The zero-order chi connectivity index (χ0) is 37.6. The van der Waals surface area contributed by atoms with E-state index in [0.717, 1.165) is 73.5 Å². The molecule has 0 radical (unpaired) electrons. The minimum Gasteiger partial charge on any atom is -0.309 e. The minimum absolute atomic E-state index is 0.336. The number of rotatable bonds is 6. The smallest absolute Gasteiger partial charge is 0.160 e. The van der Waals surface area contributed by atoms with Gasteiger partial charge in [0, 0.05) is 38.7 Å². The molecule has 5 nitrogen and oxygen atoms in total. The van der Waals surface area contributed by atoms with E-state index >= 15 is 0 Å². The molecule has 0 amide bonds. The maximum Gasteiger partial charge on any atom is 0.160 e. The Morgan fingerprint density at radius 1 is 0.589 bits per heavy atom. The van der Waals surface area contributed by atoms with Gasteiger partial charge in [0.15, 0.2) is 5.82 Å². The molecule has 3 heterocycles. The second kappa shape index (κ2) is 13.8. The van der Waals surface area contributed by atoms with Gasteiger partial charge in [-0.25, -0.2) is 15.0 Å². The summed E-state index contributed by atoms with van der Waals surface area (Å²) in [5, 5.41) is 12.0. The Morgan fingerprint density at radius 2 is 1.21 bits per heavy atom. The van der Waals surface area contributed by atoms with Gasteiger partial charge in [0.25, 0.3) is 0 Å². The predicted octanol–water partition coefficient (Wildman–Crippen LogP) is 12.7. The molecule has 1 aliphatic rings. The van der Waals surface area contributed by atoms with Crippen molar-refractivity contribution in [1.29, 1.82) is 5.26 Å². The first-order valence-electron chi connectivity index (χ1n) is 19.0. The largest absolute Gasteiger partial charge is 0.309 e. The summed E-state index contributed by atoms with van der Waals surface area (Å²) in [5.41, 5.74) is 15.1. The summed E-state index contributed by atoms with van der Waals surface area (Å²) < 4.78 is 2.43. The lowest BCUT2D eigenvalue weighted by molar-refractivity contribution is 0.773. The van der Waals surface area contributed by atoms with Gasteiger partial charge in [-0.3, -0.25) is 0 Å². The van der Waals surface area contributed by atoms with Gasteiger partial charge in [0.1, 0.15) is 0 Å². The van der Waals surface area contributed by atoms with Crippen LogP contribution >= 0.6 is 0 Å². The fourth-order valence-corrected chi connectivity index (χ4v) is 8.13. The first kappa shape index (κ1) is 33.2. The van der Waals surface area contributed by atoms with Crippen LogP contribution < -0.4 is 0 Å². The SMILES string of the molecule is CC1CC=Cc2c1c1c(-c3ccc(-c4cc(-c5cccc(C#N)c5)nc(-c5ccc(-c6ccccc6)cc5)n4)cc3)nc3ccccc3c1n2-c1ccccc1. The molecule has 0 saturated heterocycles. The van der Waals surface area contributed by atoms with Crippen molar-refractivity contribution in [2.45, 2.75) is 19.3 Å². The van der Waals surface area contributed by atoms with Gasteiger partial charge in [0.05, 0.1) is 45.4 Å². The number of hydrogen-bond donors (Lipinski definition) is 0. The number of aromatic nitrogens is 4. The first-order valence-corrected chi connectivity index (χ1v) is 19.0. The molecular formula is C51H35N5. The van der Waals surface area contributed by atoms with E-state index in [4.69, 9.17) is 15.0 Å². The number of benzene rings is 6. The summed E-state index contributed by atoms with van der Waals surface area (Å²) in [5.74, 6) is 0.958. The monoisotopic (exact) mass is 717 g/mol. The molecule has 0 aliphatic heterocycles. The Morgan fingerprint density at radius 3 is 1.98 bits per heavy atom. The summed E-state index contributed by atoms with van der Waals surface area (Å²) in [4.78, 5) is 15.6. The van der Waals surface area contributed by atoms with Gasteiger partial charge in [0.2, 0.25) is 0 Å². The molecule has 0 fully saturated rings. The molecule has 56 heavy (non-hydrogen) atoms. The zero-order valence-electron chi connectivity index (χ0n) is 30.8. The van der Waals surface area contributed by atoms with Crippen LogP contribution in [0.25, 0.3) is 89.9 Å². The van der Waals surface area contributed by atoms with Gasteiger partial charge in [-0.1, -0.05) is 140 Å². The van der Waals surface area contributed by atoms with Gasteiger partial charge in [-0.05, 0) is 71.5 Å². The molecule has 10 rings (SSSR count). The highest BCUT2D eigenvalue weighted by Crippen LogP contribution is 2.45. The van der Waals surface area contributed by atoms with Crippen LogP contribution in [-0.2, 0) is 0 Å². The van der Waals surface area contributed by atoms with Crippen molar-refractivity contribution in [1.82, 2.24) is 19.5 Å². The number of nitrogens with zero attached hydrogens (tertiary/aromatic N) is 5. The number of para-hydroxylation sites is 2. The van der Waals surface area contributed by atoms with Crippen molar-refractivity contribution >= 4 is 27.9 Å². The van der Waals surface area contributed by atoms with Crippen LogP contribution in [0.2, 0.25) is 0 Å². The van der Waals surface area contributed by atoms with E-state index in [2.05, 4.69) is 145 Å². The lowest BCUT2D eigenvalue weighted by Crippen LogP contribution is -2.02. The van der Waals surface area contributed by atoms with E-state index in [1.165, 1.54) is 22.2 Å². The standard InChI is InChI=1S/C51H35N5/c1-33-12-10-21-46-47(33)48-49(53-43-20-9-8-19-42(43)50(48)56(46)41-17-6-3-7-18-41)38-26-24-37(25-27-38)44-31-45(40-16-11-13-34(30-40)32-52)55-51(54-44)39-28-22-36(23-29-39)35-14-4-2-5-15-35/h2-11,13-31,33H,12H2,1H3. The summed E-state index contributed by atoms with van der Waals surface area (Å²) >= 11 is 0. The van der Waals surface area contributed by atoms with E-state index in [-0.39, 0.29) is 0 Å². The highest BCUT2D eigenvalue weighted by atomic mass is 15.0. The van der Waals surface area contributed by atoms with Crippen molar-refractivity contribution in [3.05, 3.63) is 187 Å². The molecule has 1 unspecified atom stereocenters. The van der Waals surface area contributed by atoms with E-state index in [0.29, 0.717) is 17.3 Å².